The highest BCUT2D eigenvalue weighted by Gasteiger charge is 2.17. The fourth-order valence-corrected chi connectivity index (χ4v) is 2.81. The van der Waals surface area contributed by atoms with Crippen molar-refractivity contribution in [3.8, 4) is 5.75 Å². The van der Waals surface area contributed by atoms with Crippen molar-refractivity contribution < 1.29 is 14.3 Å². The highest BCUT2D eigenvalue weighted by atomic mass is 16.5. The molecule has 0 aromatic heterocycles. The molecular weight excluding hydrogens is 328 g/mol. The Morgan fingerprint density at radius 1 is 0.885 bits per heavy atom. The number of benzene rings is 2. The highest BCUT2D eigenvalue weighted by Crippen LogP contribution is 2.21. The second kappa shape index (κ2) is 9.61. The van der Waals surface area contributed by atoms with Crippen LogP contribution in [0.3, 0.4) is 0 Å². The van der Waals surface area contributed by atoms with Crippen LogP contribution in [0, 0.1) is 0 Å². The first-order valence-corrected chi connectivity index (χ1v) is 8.93. The summed E-state index contributed by atoms with van der Waals surface area (Å²) in [6.07, 6.45) is 0.259. The first-order valence-electron chi connectivity index (χ1n) is 8.93. The van der Waals surface area contributed by atoms with E-state index < -0.39 is 0 Å². The SMILES string of the molecule is CCOc1ccc(N(CCC(=O)N(CC)c2ccccc2)C(C)=O)cc1. The average molecular weight is 354 g/mol. The van der Waals surface area contributed by atoms with Gasteiger partial charge >= 0.3 is 0 Å². The van der Waals surface area contributed by atoms with E-state index in [1.165, 1.54) is 6.92 Å². The Morgan fingerprint density at radius 3 is 2.04 bits per heavy atom. The number of anilines is 2. The molecule has 0 radical (unpaired) electrons. The van der Waals surface area contributed by atoms with Crippen LogP contribution < -0.4 is 14.5 Å². The molecule has 0 fully saturated rings. The summed E-state index contributed by atoms with van der Waals surface area (Å²) >= 11 is 0. The molecule has 0 aliphatic rings. The van der Waals surface area contributed by atoms with E-state index in [4.69, 9.17) is 4.74 Å². The van der Waals surface area contributed by atoms with E-state index in [1.807, 2.05) is 68.4 Å². The number of nitrogens with zero attached hydrogens (tertiary/aromatic N) is 2. The summed E-state index contributed by atoms with van der Waals surface area (Å²) in [4.78, 5) is 28.0. The lowest BCUT2D eigenvalue weighted by molar-refractivity contribution is -0.118. The van der Waals surface area contributed by atoms with Gasteiger partial charge in [0.2, 0.25) is 11.8 Å². The van der Waals surface area contributed by atoms with E-state index in [9.17, 15) is 9.59 Å². The summed E-state index contributed by atoms with van der Waals surface area (Å²) in [7, 11) is 0. The van der Waals surface area contributed by atoms with Crippen LogP contribution in [0.5, 0.6) is 5.75 Å². The number of carbonyl (C=O) groups is 2. The molecule has 2 aromatic carbocycles. The van der Waals surface area contributed by atoms with Gasteiger partial charge < -0.3 is 14.5 Å². The number of carbonyl (C=O) groups excluding carboxylic acids is 2. The molecule has 5 nitrogen and oxygen atoms in total. The van der Waals surface area contributed by atoms with E-state index in [0.717, 1.165) is 17.1 Å². The van der Waals surface area contributed by atoms with E-state index in [0.29, 0.717) is 19.7 Å². The lowest BCUT2D eigenvalue weighted by atomic mass is 10.2. The molecule has 0 saturated heterocycles. The smallest absolute Gasteiger partial charge is 0.228 e. The molecule has 2 aromatic rings. The van der Waals surface area contributed by atoms with Crippen LogP contribution in [0.4, 0.5) is 11.4 Å². The number of rotatable bonds is 8. The normalized spacial score (nSPS) is 10.3. The maximum absolute atomic E-state index is 12.6. The van der Waals surface area contributed by atoms with Gasteiger partial charge in [0.1, 0.15) is 5.75 Å². The van der Waals surface area contributed by atoms with E-state index in [1.54, 1.807) is 9.80 Å². The van der Waals surface area contributed by atoms with Crippen LogP contribution >= 0.6 is 0 Å². The van der Waals surface area contributed by atoms with Gasteiger partial charge in [0.05, 0.1) is 6.61 Å². The molecule has 2 amide bonds. The molecular formula is C21H26N2O3. The number of para-hydroxylation sites is 1. The topological polar surface area (TPSA) is 49.9 Å². The van der Waals surface area contributed by atoms with Crippen molar-refractivity contribution in [1.82, 2.24) is 0 Å². The Labute approximate surface area is 155 Å². The quantitative estimate of drug-likeness (QED) is 0.723. The lowest BCUT2D eigenvalue weighted by Gasteiger charge is -2.25. The molecule has 0 unspecified atom stereocenters. The van der Waals surface area contributed by atoms with E-state index >= 15 is 0 Å². The predicted molar refractivity (Wildman–Crippen MR) is 105 cm³/mol. The zero-order valence-corrected chi connectivity index (χ0v) is 15.6. The fourth-order valence-electron chi connectivity index (χ4n) is 2.81. The molecule has 0 heterocycles. The molecule has 138 valence electrons. The Hall–Kier alpha value is -2.82. The maximum Gasteiger partial charge on any atom is 0.228 e. The van der Waals surface area contributed by atoms with Crippen molar-refractivity contribution in [2.24, 2.45) is 0 Å². The van der Waals surface area contributed by atoms with Crippen LogP contribution in [0.25, 0.3) is 0 Å². The largest absolute Gasteiger partial charge is 0.494 e. The van der Waals surface area contributed by atoms with Gasteiger partial charge in [0.25, 0.3) is 0 Å². The van der Waals surface area contributed by atoms with E-state index in [-0.39, 0.29) is 18.2 Å². The van der Waals surface area contributed by atoms with Crippen molar-refractivity contribution in [3.05, 3.63) is 54.6 Å². The number of hydrogen-bond acceptors (Lipinski definition) is 3. The minimum atomic E-state index is -0.0929. The van der Waals surface area contributed by atoms with Crippen molar-refractivity contribution in [1.29, 1.82) is 0 Å². The summed E-state index contributed by atoms with van der Waals surface area (Å²) in [6, 6.07) is 16.9. The number of ether oxygens (including phenoxy) is 1. The summed E-state index contributed by atoms with van der Waals surface area (Å²) in [6.45, 7) is 6.90. The van der Waals surface area contributed by atoms with Crippen molar-refractivity contribution in [2.75, 3.05) is 29.5 Å². The van der Waals surface area contributed by atoms with Gasteiger partial charge in [-0.15, -0.1) is 0 Å². The molecule has 0 bridgehead atoms. The molecule has 0 spiro atoms. The highest BCUT2D eigenvalue weighted by molar-refractivity contribution is 5.96. The van der Waals surface area contributed by atoms with Gasteiger partial charge in [-0.1, -0.05) is 18.2 Å². The molecule has 5 heteroatoms. The van der Waals surface area contributed by atoms with Crippen LogP contribution in [-0.2, 0) is 9.59 Å². The summed E-state index contributed by atoms with van der Waals surface area (Å²) in [5.41, 5.74) is 1.63. The predicted octanol–water partition coefficient (Wildman–Crippen LogP) is 3.88. The Morgan fingerprint density at radius 2 is 1.50 bits per heavy atom. The van der Waals surface area contributed by atoms with Crippen LogP contribution in [0.15, 0.2) is 54.6 Å². The van der Waals surface area contributed by atoms with Crippen molar-refractivity contribution in [3.63, 3.8) is 0 Å². The Balaban J connectivity index is 2.05. The molecule has 0 N–H and O–H groups in total. The second-order valence-corrected chi connectivity index (χ2v) is 5.82. The third-order valence-electron chi connectivity index (χ3n) is 4.07. The molecule has 0 aliphatic carbocycles. The number of hydrogen-bond donors (Lipinski definition) is 0. The van der Waals surface area contributed by atoms with Crippen molar-refractivity contribution >= 4 is 23.2 Å². The summed E-state index contributed by atoms with van der Waals surface area (Å²) < 4.78 is 5.43. The van der Waals surface area contributed by atoms with Gasteiger partial charge in [-0.05, 0) is 50.2 Å². The first-order chi connectivity index (χ1) is 12.6. The monoisotopic (exact) mass is 354 g/mol. The van der Waals surface area contributed by atoms with Gasteiger partial charge in [0, 0.05) is 37.8 Å². The molecule has 0 saturated carbocycles. The number of amides is 2. The fraction of sp³-hybridized carbons (Fsp3) is 0.333. The van der Waals surface area contributed by atoms with Crippen LogP contribution in [0.2, 0.25) is 0 Å². The zero-order valence-electron chi connectivity index (χ0n) is 15.6. The van der Waals surface area contributed by atoms with Crippen LogP contribution in [-0.4, -0.2) is 31.5 Å². The lowest BCUT2D eigenvalue weighted by Crippen LogP contribution is -2.36. The van der Waals surface area contributed by atoms with Crippen molar-refractivity contribution in [2.45, 2.75) is 27.2 Å². The first kappa shape index (κ1) is 19.5. The average Bonchev–Trinajstić information content (AvgIpc) is 2.65. The van der Waals surface area contributed by atoms with Gasteiger partial charge in [-0.25, -0.2) is 0 Å². The zero-order chi connectivity index (χ0) is 18.9. The Bertz CT molecular complexity index is 714. The van der Waals surface area contributed by atoms with Gasteiger partial charge in [-0.3, -0.25) is 9.59 Å². The molecule has 2 rings (SSSR count). The molecule has 0 aliphatic heterocycles. The second-order valence-electron chi connectivity index (χ2n) is 5.82. The third kappa shape index (κ3) is 5.09. The standard InChI is InChI=1S/C21H26N2O3/c1-4-22(18-9-7-6-8-10-18)21(25)15-16-23(17(3)24)19-11-13-20(14-12-19)26-5-2/h6-14H,4-5,15-16H2,1-3H3. The Kier molecular flexibility index (Phi) is 7.21. The minimum Gasteiger partial charge on any atom is -0.494 e. The van der Waals surface area contributed by atoms with Gasteiger partial charge in [-0.2, -0.15) is 0 Å². The molecule has 26 heavy (non-hydrogen) atoms. The maximum atomic E-state index is 12.6. The van der Waals surface area contributed by atoms with Crippen LogP contribution in [0.1, 0.15) is 27.2 Å². The third-order valence-corrected chi connectivity index (χ3v) is 4.07. The van der Waals surface area contributed by atoms with Gasteiger partial charge in [0.15, 0.2) is 0 Å². The molecule has 0 atom stereocenters. The summed E-state index contributed by atoms with van der Waals surface area (Å²) in [5.74, 6) is 0.665. The summed E-state index contributed by atoms with van der Waals surface area (Å²) in [5, 5.41) is 0. The minimum absolute atomic E-state index is 0.00381. The van der Waals surface area contributed by atoms with E-state index in [2.05, 4.69) is 0 Å².